The number of halogens is 1. The number of amides is 1. The topological polar surface area (TPSA) is 75.4 Å². The molecule has 0 saturated heterocycles. The molecule has 6 heteroatoms. The van der Waals surface area contributed by atoms with Gasteiger partial charge in [0.25, 0.3) is 5.91 Å². The van der Waals surface area contributed by atoms with Crippen molar-refractivity contribution in [3.05, 3.63) is 27.5 Å². The Labute approximate surface area is 122 Å². The van der Waals surface area contributed by atoms with Gasteiger partial charge in [0, 0.05) is 20.6 Å². The lowest BCUT2D eigenvalue weighted by molar-refractivity contribution is 0.0565. The molecule has 0 unspecified atom stereocenters. The molecule has 1 aromatic carbocycles. The minimum atomic E-state index is -0.277. The SMILES string of the molecule is Nc1c(C(=O)NC2CC(O)C2)sc2ccc(Br)cc12. The van der Waals surface area contributed by atoms with Crippen molar-refractivity contribution < 1.29 is 9.90 Å². The van der Waals surface area contributed by atoms with Gasteiger partial charge >= 0.3 is 0 Å². The summed E-state index contributed by atoms with van der Waals surface area (Å²) >= 11 is 4.80. The Balaban J connectivity index is 1.87. The molecule has 1 aromatic heterocycles. The van der Waals surface area contributed by atoms with E-state index in [1.807, 2.05) is 18.2 Å². The van der Waals surface area contributed by atoms with Crippen LogP contribution in [0.1, 0.15) is 22.5 Å². The summed E-state index contributed by atoms with van der Waals surface area (Å²) in [6.07, 6.45) is 0.977. The second-order valence-corrected chi connectivity index (χ2v) is 6.75. The summed E-state index contributed by atoms with van der Waals surface area (Å²) < 4.78 is 1.94. The number of aliphatic hydroxyl groups excluding tert-OH is 1. The summed E-state index contributed by atoms with van der Waals surface area (Å²) in [6, 6.07) is 5.87. The van der Waals surface area contributed by atoms with Gasteiger partial charge in [0.15, 0.2) is 0 Å². The maximum absolute atomic E-state index is 12.2. The molecule has 0 spiro atoms. The third kappa shape index (κ3) is 2.35. The van der Waals surface area contributed by atoms with Crippen LogP contribution in [0.2, 0.25) is 0 Å². The van der Waals surface area contributed by atoms with Gasteiger partial charge in [0.1, 0.15) is 4.88 Å². The number of carbonyl (C=O) groups excluding carboxylic acids is 1. The molecular formula is C13H13BrN2O2S. The highest BCUT2D eigenvalue weighted by atomic mass is 79.9. The second kappa shape index (κ2) is 4.77. The zero-order valence-corrected chi connectivity index (χ0v) is 12.4. The molecule has 1 saturated carbocycles. The molecule has 1 aliphatic rings. The van der Waals surface area contributed by atoms with E-state index < -0.39 is 0 Å². The zero-order chi connectivity index (χ0) is 13.6. The number of thiophene rings is 1. The third-order valence-corrected chi connectivity index (χ3v) is 5.02. The van der Waals surface area contributed by atoms with Crippen LogP contribution in [0.15, 0.2) is 22.7 Å². The summed E-state index contributed by atoms with van der Waals surface area (Å²) in [5.74, 6) is -0.147. The summed E-state index contributed by atoms with van der Waals surface area (Å²) in [7, 11) is 0. The first-order valence-corrected chi connectivity index (χ1v) is 7.62. The molecule has 19 heavy (non-hydrogen) atoms. The number of carbonyl (C=O) groups is 1. The van der Waals surface area contributed by atoms with Gasteiger partial charge in [-0.25, -0.2) is 0 Å². The Morgan fingerprint density at radius 2 is 2.21 bits per heavy atom. The number of hydrogen-bond donors (Lipinski definition) is 3. The van der Waals surface area contributed by atoms with Crippen molar-refractivity contribution in [3.8, 4) is 0 Å². The number of benzene rings is 1. The first-order valence-electron chi connectivity index (χ1n) is 6.01. The monoisotopic (exact) mass is 340 g/mol. The van der Waals surface area contributed by atoms with Crippen LogP contribution in [-0.2, 0) is 0 Å². The highest BCUT2D eigenvalue weighted by molar-refractivity contribution is 9.10. The molecule has 0 atom stereocenters. The average molecular weight is 341 g/mol. The Hall–Kier alpha value is -1.11. The number of hydrogen-bond acceptors (Lipinski definition) is 4. The fourth-order valence-electron chi connectivity index (χ4n) is 2.21. The van der Waals surface area contributed by atoms with E-state index in [4.69, 9.17) is 5.73 Å². The van der Waals surface area contributed by atoms with Crippen molar-refractivity contribution >= 4 is 48.9 Å². The number of nitrogen functional groups attached to an aromatic ring is 1. The van der Waals surface area contributed by atoms with Crippen LogP contribution < -0.4 is 11.1 Å². The van der Waals surface area contributed by atoms with Crippen LogP contribution in [0.3, 0.4) is 0 Å². The molecule has 0 bridgehead atoms. The van der Waals surface area contributed by atoms with Crippen LogP contribution in [0.4, 0.5) is 5.69 Å². The minimum absolute atomic E-state index is 0.0684. The number of anilines is 1. The van der Waals surface area contributed by atoms with Gasteiger partial charge in [-0.05, 0) is 31.0 Å². The number of nitrogens with two attached hydrogens (primary N) is 1. The Morgan fingerprint density at radius 1 is 1.47 bits per heavy atom. The van der Waals surface area contributed by atoms with Crippen LogP contribution in [0, 0.1) is 0 Å². The summed E-state index contributed by atoms with van der Waals surface area (Å²) in [4.78, 5) is 12.7. The molecule has 2 aromatic rings. The van der Waals surface area contributed by atoms with Gasteiger partial charge in [-0.15, -0.1) is 11.3 Å². The zero-order valence-electron chi connectivity index (χ0n) is 10.0. The van der Waals surface area contributed by atoms with Crippen molar-refractivity contribution in [3.63, 3.8) is 0 Å². The van der Waals surface area contributed by atoms with E-state index in [1.54, 1.807) is 0 Å². The lowest BCUT2D eigenvalue weighted by Gasteiger charge is -2.31. The van der Waals surface area contributed by atoms with Crippen molar-refractivity contribution in [2.24, 2.45) is 0 Å². The maximum atomic E-state index is 12.2. The summed E-state index contributed by atoms with van der Waals surface area (Å²) in [6.45, 7) is 0. The maximum Gasteiger partial charge on any atom is 0.263 e. The number of nitrogens with one attached hydrogen (secondary N) is 1. The van der Waals surface area contributed by atoms with Gasteiger partial charge in [0.05, 0.1) is 11.8 Å². The lowest BCUT2D eigenvalue weighted by atomic mass is 9.89. The van der Waals surface area contributed by atoms with Gasteiger partial charge in [-0.2, -0.15) is 0 Å². The summed E-state index contributed by atoms with van der Waals surface area (Å²) in [5, 5.41) is 13.0. The van der Waals surface area contributed by atoms with Crippen molar-refractivity contribution in [1.82, 2.24) is 5.32 Å². The molecule has 1 amide bonds. The molecular weight excluding hydrogens is 328 g/mol. The molecule has 0 radical (unpaired) electrons. The molecule has 4 nitrogen and oxygen atoms in total. The van der Waals surface area contributed by atoms with Gasteiger partial charge in [-0.3, -0.25) is 4.79 Å². The first kappa shape index (κ1) is 12.9. The van der Waals surface area contributed by atoms with Crippen molar-refractivity contribution in [2.75, 3.05) is 5.73 Å². The molecule has 4 N–H and O–H groups in total. The quantitative estimate of drug-likeness (QED) is 0.786. The molecule has 1 aliphatic carbocycles. The molecule has 1 heterocycles. The smallest absolute Gasteiger partial charge is 0.263 e. The standard InChI is InChI=1S/C13H13BrN2O2S/c14-6-1-2-10-9(3-6)11(15)12(19-10)13(18)16-7-4-8(17)5-7/h1-3,7-8,17H,4-5,15H2,(H,16,18). The highest BCUT2D eigenvalue weighted by Gasteiger charge is 2.29. The van der Waals surface area contributed by atoms with Crippen LogP contribution in [-0.4, -0.2) is 23.2 Å². The van der Waals surface area contributed by atoms with Gasteiger partial charge in [-0.1, -0.05) is 15.9 Å². The van der Waals surface area contributed by atoms with E-state index >= 15 is 0 Å². The van der Waals surface area contributed by atoms with E-state index in [0.717, 1.165) is 14.6 Å². The Bertz CT molecular complexity index is 649. The average Bonchev–Trinajstić information content (AvgIpc) is 2.65. The predicted molar refractivity (Wildman–Crippen MR) is 80.4 cm³/mol. The normalized spacial score (nSPS) is 22.2. The third-order valence-electron chi connectivity index (χ3n) is 3.34. The summed E-state index contributed by atoms with van der Waals surface area (Å²) in [5.41, 5.74) is 6.58. The fraction of sp³-hybridized carbons (Fsp3) is 0.308. The molecule has 3 rings (SSSR count). The predicted octanol–water partition coefficient (Wildman–Crippen LogP) is 2.50. The van der Waals surface area contributed by atoms with E-state index in [1.165, 1.54) is 11.3 Å². The fourth-order valence-corrected chi connectivity index (χ4v) is 3.58. The highest BCUT2D eigenvalue weighted by Crippen LogP contribution is 2.35. The minimum Gasteiger partial charge on any atom is -0.397 e. The van der Waals surface area contributed by atoms with Crippen molar-refractivity contribution in [1.29, 1.82) is 0 Å². The van der Waals surface area contributed by atoms with Crippen LogP contribution >= 0.6 is 27.3 Å². The Kier molecular flexibility index (Phi) is 3.24. The molecule has 0 aliphatic heterocycles. The van der Waals surface area contributed by atoms with E-state index in [9.17, 15) is 9.90 Å². The van der Waals surface area contributed by atoms with Crippen LogP contribution in [0.5, 0.6) is 0 Å². The lowest BCUT2D eigenvalue weighted by Crippen LogP contribution is -2.46. The second-order valence-electron chi connectivity index (χ2n) is 4.78. The van der Waals surface area contributed by atoms with E-state index in [0.29, 0.717) is 23.4 Å². The number of rotatable bonds is 2. The number of aliphatic hydroxyl groups is 1. The number of fused-ring (bicyclic) bond motifs is 1. The van der Waals surface area contributed by atoms with Gasteiger partial charge < -0.3 is 16.2 Å². The largest absolute Gasteiger partial charge is 0.397 e. The first-order chi connectivity index (χ1) is 9.04. The van der Waals surface area contributed by atoms with Crippen LogP contribution in [0.25, 0.3) is 10.1 Å². The van der Waals surface area contributed by atoms with Gasteiger partial charge in [0.2, 0.25) is 0 Å². The van der Waals surface area contributed by atoms with E-state index in [-0.39, 0.29) is 18.1 Å². The van der Waals surface area contributed by atoms with Crippen molar-refractivity contribution in [2.45, 2.75) is 25.0 Å². The Morgan fingerprint density at radius 3 is 2.89 bits per heavy atom. The molecule has 1 fully saturated rings. The molecule has 100 valence electrons. The van der Waals surface area contributed by atoms with E-state index in [2.05, 4.69) is 21.2 Å².